The first-order valence-electron chi connectivity index (χ1n) is 21.2. The lowest BCUT2D eigenvalue weighted by atomic mass is 10.0. The third kappa shape index (κ3) is 23.8. The molecule has 1 aromatic carbocycles. The predicted molar refractivity (Wildman–Crippen MR) is 201 cm³/mol. The average molecular weight is 702 g/mol. The maximum Gasteiger partial charge on any atom is 0.200 e. The molecule has 0 spiro atoms. The highest BCUT2D eigenvalue weighted by molar-refractivity contribution is 5.24. The molecule has 0 aliphatic heterocycles. The van der Waals surface area contributed by atoms with Gasteiger partial charge in [-0.2, -0.15) is 0 Å². The zero-order valence-corrected chi connectivity index (χ0v) is 32.1. The van der Waals surface area contributed by atoms with Gasteiger partial charge in [-0.05, 0) is 25.9 Å². The first-order valence-corrected chi connectivity index (χ1v) is 21.2. The molecule has 0 aliphatic carbocycles. The molecular formula is C43H76F5N. The standard InChI is InChI=1S/C43H76F5N/c1-3-5-7-9-11-13-15-17-19-21-23-25-27-29-31-33-35-49(37-38-39(44)41(46)43(48)42(47)40(38)45)36-34-32-30-28-26-24-22-20-18-16-14-12-10-8-6-4-2/h3-37H2,1-2H3. The Hall–Kier alpha value is -1.17. The van der Waals surface area contributed by atoms with Crippen LogP contribution in [0.1, 0.15) is 225 Å². The molecule has 0 atom stereocenters. The molecule has 1 aromatic rings. The van der Waals surface area contributed by atoms with Crippen molar-refractivity contribution >= 4 is 0 Å². The smallest absolute Gasteiger partial charge is 0.200 e. The molecule has 1 nitrogen and oxygen atoms in total. The highest BCUT2D eigenvalue weighted by atomic mass is 19.2. The van der Waals surface area contributed by atoms with Crippen molar-refractivity contribution in [1.29, 1.82) is 0 Å². The molecule has 288 valence electrons. The Bertz CT molecular complexity index is 826. The molecular weight excluding hydrogens is 625 g/mol. The van der Waals surface area contributed by atoms with Crippen LogP contribution in [0.15, 0.2) is 0 Å². The fraction of sp³-hybridized carbons (Fsp3) is 0.860. The molecule has 0 bridgehead atoms. The first kappa shape index (κ1) is 45.9. The van der Waals surface area contributed by atoms with Crippen LogP contribution in [0.5, 0.6) is 0 Å². The van der Waals surface area contributed by atoms with E-state index in [9.17, 15) is 22.0 Å². The second kappa shape index (κ2) is 32.7. The molecule has 0 amide bonds. The van der Waals surface area contributed by atoms with Crippen molar-refractivity contribution in [3.05, 3.63) is 34.6 Å². The zero-order chi connectivity index (χ0) is 35.8. The van der Waals surface area contributed by atoms with Gasteiger partial charge in [0, 0.05) is 12.1 Å². The van der Waals surface area contributed by atoms with E-state index in [1.54, 1.807) is 0 Å². The number of hydrogen-bond acceptors (Lipinski definition) is 1. The molecule has 0 aromatic heterocycles. The third-order valence-corrected chi connectivity index (χ3v) is 10.3. The topological polar surface area (TPSA) is 3.24 Å². The molecule has 0 fully saturated rings. The molecule has 0 saturated heterocycles. The molecule has 0 radical (unpaired) electrons. The van der Waals surface area contributed by atoms with E-state index in [0.717, 1.165) is 38.5 Å². The van der Waals surface area contributed by atoms with Crippen LogP contribution in [0.4, 0.5) is 22.0 Å². The van der Waals surface area contributed by atoms with Crippen molar-refractivity contribution in [3.8, 4) is 0 Å². The van der Waals surface area contributed by atoms with Crippen LogP contribution in [-0.2, 0) is 6.54 Å². The number of hydrogen-bond donors (Lipinski definition) is 0. The van der Waals surface area contributed by atoms with Gasteiger partial charge in [-0.15, -0.1) is 0 Å². The van der Waals surface area contributed by atoms with E-state index in [0.29, 0.717) is 13.1 Å². The minimum atomic E-state index is -2.08. The van der Waals surface area contributed by atoms with E-state index in [1.807, 2.05) is 4.90 Å². The van der Waals surface area contributed by atoms with E-state index in [1.165, 1.54) is 167 Å². The monoisotopic (exact) mass is 702 g/mol. The summed E-state index contributed by atoms with van der Waals surface area (Å²) in [5, 5.41) is 0. The maximum absolute atomic E-state index is 14.5. The number of halogens is 5. The molecule has 0 heterocycles. The third-order valence-electron chi connectivity index (χ3n) is 10.3. The van der Waals surface area contributed by atoms with Gasteiger partial charge >= 0.3 is 0 Å². The summed E-state index contributed by atoms with van der Waals surface area (Å²) in [6.45, 7) is 5.49. The van der Waals surface area contributed by atoms with Crippen molar-refractivity contribution in [3.63, 3.8) is 0 Å². The largest absolute Gasteiger partial charge is 0.299 e. The Balaban J connectivity index is 2.26. The molecule has 0 N–H and O–H groups in total. The van der Waals surface area contributed by atoms with Crippen molar-refractivity contribution in [2.75, 3.05) is 13.1 Å². The summed E-state index contributed by atoms with van der Waals surface area (Å²) in [6, 6.07) is 0. The summed E-state index contributed by atoms with van der Waals surface area (Å²) in [5.41, 5.74) is -0.704. The normalized spacial score (nSPS) is 11.8. The molecule has 0 saturated carbocycles. The lowest BCUT2D eigenvalue weighted by Gasteiger charge is -2.23. The lowest BCUT2D eigenvalue weighted by Crippen LogP contribution is -2.27. The Morgan fingerprint density at radius 1 is 0.286 bits per heavy atom. The quantitative estimate of drug-likeness (QED) is 0.0291. The van der Waals surface area contributed by atoms with Crippen LogP contribution >= 0.6 is 0 Å². The van der Waals surface area contributed by atoms with Crippen LogP contribution in [0.25, 0.3) is 0 Å². The summed E-state index contributed by atoms with van der Waals surface area (Å²) in [6.07, 6.45) is 40.6. The molecule has 6 heteroatoms. The molecule has 0 aliphatic rings. The Morgan fingerprint density at radius 3 is 0.735 bits per heavy atom. The number of unbranched alkanes of at least 4 members (excludes halogenated alkanes) is 30. The van der Waals surface area contributed by atoms with E-state index < -0.39 is 34.6 Å². The maximum atomic E-state index is 14.5. The van der Waals surface area contributed by atoms with Gasteiger partial charge in [0.25, 0.3) is 0 Å². The van der Waals surface area contributed by atoms with Gasteiger partial charge in [-0.1, -0.05) is 206 Å². The first-order chi connectivity index (χ1) is 23.9. The zero-order valence-electron chi connectivity index (χ0n) is 32.1. The minimum Gasteiger partial charge on any atom is -0.299 e. The van der Waals surface area contributed by atoms with E-state index >= 15 is 0 Å². The predicted octanol–water partition coefficient (Wildman–Crippen LogP) is 15.7. The fourth-order valence-electron chi connectivity index (χ4n) is 7.05. The van der Waals surface area contributed by atoms with Gasteiger partial charge in [0.1, 0.15) is 0 Å². The van der Waals surface area contributed by atoms with Gasteiger partial charge in [0.05, 0.1) is 0 Å². The minimum absolute atomic E-state index is 0.247. The van der Waals surface area contributed by atoms with E-state index in [4.69, 9.17) is 0 Å². The van der Waals surface area contributed by atoms with E-state index in [-0.39, 0.29) is 6.54 Å². The highest BCUT2D eigenvalue weighted by Crippen LogP contribution is 2.25. The molecule has 49 heavy (non-hydrogen) atoms. The summed E-state index contributed by atoms with van der Waals surface area (Å²) < 4.78 is 70.4. The van der Waals surface area contributed by atoms with Crippen molar-refractivity contribution in [2.45, 2.75) is 226 Å². The Kier molecular flexibility index (Phi) is 30.6. The van der Waals surface area contributed by atoms with Gasteiger partial charge in [0.15, 0.2) is 23.3 Å². The summed E-state index contributed by atoms with van der Waals surface area (Å²) >= 11 is 0. The van der Waals surface area contributed by atoms with Crippen molar-refractivity contribution in [1.82, 2.24) is 4.90 Å². The van der Waals surface area contributed by atoms with Gasteiger partial charge in [0.2, 0.25) is 5.82 Å². The summed E-state index contributed by atoms with van der Waals surface area (Å²) in [7, 11) is 0. The second-order valence-electron chi connectivity index (χ2n) is 14.9. The van der Waals surface area contributed by atoms with Crippen LogP contribution in [0, 0.1) is 29.1 Å². The molecule has 0 unspecified atom stereocenters. The number of rotatable bonds is 36. The second-order valence-corrected chi connectivity index (χ2v) is 14.9. The van der Waals surface area contributed by atoms with Crippen molar-refractivity contribution < 1.29 is 22.0 Å². The van der Waals surface area contributed by atoms with Crippen LogP contribution in [-0.4, -0.2) is 18.0 Å². The average Bonchev–Trinajstić information content (AvgIpc) is 3.10. The summed E-state index contributed by atoms with van der Waals surface area (Å²) in [5.74, 6) is -9.17. The Labute approximate surface area is 300 Å². The lowest BCUT2D eigenvalue weighted by molar-refractivity contribution is 0.240. The Morgan fingerprint density at radius 2 is 0.490 bits per heavy atom. The number of nitrogens with zero attached hydrogens (tertiary/aromatic N) is 1. The van der Waals surface area contributed by atoms with Crippen LogP contribution in [0.3, 0.4) is 0 Å². The van der Waals surface area contributed by atoms with Crippen molar-refractivity contribution in [2.24, 2.45) is 0 Å². The number of benzene rings is 1. The van der Waals surface area contributed by atoms with Gasteiger partial charge in [-0.25, -0.2) is 22.0 Å². The molecule has 1 rings (SSSR count). The van der Waals surface area contributed by atoms with E-state index in [2.05, 4.69) is 13.8 Å². The SMILES string of the molecule is CCCCCCCCCCCCCCCCCCN(CCCCCCCCCCCCCCCCCC)Cc1c(F)c(F)c(F)c(F)c1F. The van der Waals surface area contributed by atoms with Crippen LogP contribution in [0.2, 0.25) is 0 Å². The van der Waals surface area contributed by atoms with Gasteiger partial charge in [-0.3, -0.25) is 4.90 Å². The van der Waals surface area contributed by atoms with Crippen LogP contribution < -0.4 is 0 Å². The van der Waals surface area contributed by atoms with Gasteiger partial charge < -0.3 is 0 Å². The highest BCUT2D eigenvalue weighted by Gasteiger charge is 2.26. The summed E-state index contributed by atoms with van der Waals surface area (Å²) in [4.78, 5) is 1.89. The fourth-order valence-corrected chi connectivity index (χ4v) is 7.05.